The molecule has 1 N–H and O–H groups in total. The normalized spacial score (nSPS) is 34.4. The molecule has 6 heteroatoms. The highest BCUT2D eigenvalue weighted by atomic mass is 32.2. The number of hydrogen-bond donors (Lipinski definition) is 1. The van der Waals surface area contributed by atoms with Gasteiger partial charge in [-0.25, -0.2) is 5.48 Å². The second-order valence-corrected chi connectivity index (χ2v) is 5.44. The molecule has 2 aliphatic heterocycles. The first-order chi connectivity index (χ1) is 7.08. The summed E-state index contributed by atoms with van der Waals surface area (Å²) in [5.74, 6) is 0.486. The fourth-order valence-electron chi connectivity index (χ4n) is 2.18. The molecule has 0 radical (unpaired) electrons. The Kier molecular flexibility index (Phi) is 2.64. The quantitative estimate of drug-likeness (QED) is 0.684. The molecule has 0 aliphatic carbocycles. The minimum absolute atomic E-state index is 0.0683. The highest BCUT2D eigenvalue weighted by Gasteiger charge is 2.52. The molecule has 0 aromatic heterocycles. The number of fused-ring (bicyclic) bond motifs is 1. The van der Waals surface area contributed by atoms with Crippen LogP contribution in [0.3, 0.4) is 0 Å². The van der Waals surface area contributed by atoms with E-state index in [1.807, 2.05) is 6.92 Å². The van der Waals surface area contributed by atoms with Gasteiger partial charge >= 0.3 is 0 Å². The van der Waals surface area contributed by atoms with E-state index in [0.29, 0.717) is 12.2 Å². The molecule has 2 aliphatic rings. The predicted molar refractivity (Wildman–Crippen MR) is 55.9 cm³/mol. The van der Waals surface area contributed by atoms with Gasteiger partial charge in [-0.3, -0.25) is 14.4 Å². The summed E-state index contributed by atoms with van der Waals surface area (Å²) >= 11 is 1.67. The maximum Gasteiger partial charge on any atom is 0.267 e. The Labute approximate surface area is 92.5 Å². The average molecular weight is 230 g/mol. The Morgan fingerprint density at radius 1 is 1.73 bits per heavy atom. The second kappa shape index (κ2) is 3.68. The van der Waals surface area contributed by atoms with Gasteiger partial charge in [0.05, 0.1) is 12.0 Å². The Morgan fingerprint density at radius 2 is 2.47 bits per heavy atom. The lowest BCUT2D eigenvalue weighted by Gasteiger charge is -2.29. The number of thioether (sulfide) groups is 1. The van der Waals surface area contributed by atoms with Gasteiger partial charge in [0.2, 0.25) is 5.91 Å². The number of amides is 2. The van der Waals surface area contributed by atoms with Crippen LogP contribution < -0.4 is 5.48 Å². The molecule has 2 fully saturated rings. The van der Waals surface area contributed by atoms with E-state index >= 15 is 0 Å². The van der Waals surface area contributed by atoms with Crippen LogP contribution in [-0.2, 0) is 14.4 Å². The first-order valence-corrected chi connectivity index (χ1v) is 5.86. The van der Waals surface area contributed by atoms with Gasteiger partial charge in [0, 0.05) is 12.2 Å². The van der Waals surface area contributed by atoms with Crippen molar-refractivity contribution < 1.29 is 14.4 Å². The molecular formula is C9H14N2O3S. The molecule has 2 saturated heterocycles. The minimum Gasteiger partial charge on any atom is -0.315 e. The molecule has 2 amide bonds. The topological polar surface area (TPSA) is 58.6 Å². The van der Waals surface area contributed by atoms with Crippen LogP contribution >= 0.6 is 11.8 Å². The van der Waals surface area contributed by atoms with E-state index in [2.05, 4.69) is 10.3 Å². The van der Waals surface area contributed by atoms with Crippen LogP contribution in [0.5, 0.6) is 0 Å². The first-order valence-electron chi connectivity index (χ1n) is 4.87. The summed E-state index contributed by atoms with van der Waals surface area (Å²) in [4.78, 5) is 29.4. The molecular weight excluding hydrogens is 216 g/mol. The van der Waals surface area contributed by atoms with Crippen LogP contribution in [0.25, 0.3) is 0 Å². The van der Waals surface area contributed by atoms with Crippen molar-refractivity contribution in [3.05, 3.63) is 0 Å². The van der Waals surface area contributed by atoms with Gasteiger partial charge in [0.25, 0.3) is 5.91 Å². The van der Waals surface area contributed by atoms with Gasteiger partial charge in [0.15, 0.2) is 0 Å². The fraction of sp³-hybridized carbons (Fsp3) is 0.778. The number of hydrogen-bond acceptors (Lipinski definition) is 4. The van der Waals surface area contributed by atoms with Gasteiger partial charge in [-0.15, -0.1) is 11.8 Å². The fourth-order valence-corrected chi connectivity index (χ4v) is 3.62. The van der Waals surface area contributed by atoms with Crippen LogP contribution in [0.1, 0.15) is 19.8 Å². The molecule has 5 nitrogen and oxygen atoms in total. The largest absolute Gasteiger partial charge is 0.315 e. The van der Waals surface area contributed by atoms with Gasteiger partial charge < -0.3 is 4.90 Å². The van der Waals surface area contributed by atoms with E-state index in [9.17, 15) is 9.59 Å². The van der Waals surface area contributed by atoms with Crippen molar-refractivity contribution in [1.82, 2.24) is 10.4 Å². The van der Waals surface area contributed by atoms with Crippen LogP contribution in [0.2, 0.25) is 0 Å². The maximum absolute atomic E-state index is 11.7. The number of rotatable bonds is 2. The number of nitrogens with zero attached hydrogens (tertiary/aromatic N) is 1. The number of hydroxylamine groups is 1. The van der Waals surface area contributed by atoms with Crippen LogP contribution in [-0.4, -0.2) is 40.5 Å². The molecule has 2 unspecified atom stereocenters. The third-order valence-electron chi connectivity index (χ3n) is 2.95. The Morgan fingerprint density at radius 3 is 3.13 bits per heavy atom. The summed E-state index contributed by atoms with van der Waals surface area (Å²) in [6.07, 6.45) is 1.37. The average Bonchev–Trinajstić information content (AvgIpc) is 2.66. The summed E-state index contributed by atoms with van der Waals surface area (Å²) in [7, 11) is 1.39. The first kappa shape index (κ1) is 10.8. The third kappa shape index (κ3) is 1.61. The van der Waals surface area contributed by atoms with Crippen molar-refractivity contribution in [1.29, 1.82) is 0 Å². The van der Waals surface area contributed by atoms with E-state index in [4.69, 9.17) is 0 Å². The Hall–Kier alpha value is -0.750. The third-order valence-corrected chi connectivity index (χ3v) is 4.46. The van der Waals surface area contributed by atoms with Crippen molar-refractivity contribution in [3.63, 3.8) is 0 Å². The van der Waals surface area contributed by atoms with Crippen LogP contribution in [0.4, 0.5) is 0 Å². The molecule has 0 aromatic carbocycles. The summed E-state index contributed by atoms with van der Waals surface area (Å²) < 4.78 is 0. The van der Waals surface area contributed by atoms with E-state index in [1.165, 1.54) is 7.11 Å². The van der Waals surface area contributed by atoms with Crippen molar-refractivity contribution >= 4 is 23.6 Å². The van der Waals surface area contributed by atoms with E-state index in [0.717, 1.165) is 6.42 Å². The highest BCUT2D eigenvalue weighted by molar-refractivity contribution is 8.01. The zero-order valence-electron chi connectivity index (χ0n) is 8.78. The van der Waals surface area contributed by atoms with E-state index < -0.39 is 0 Å². The number of nitrogens with one attached hydrogen (secondary N) is 1. The summed E-state index contributed by atoms with van der Waals surface area (Å²) in [5, 5.41) is 0. The van der Waals surface area contributed by atoms with Crippen molar-refractivity contribution in [2.24, 2.45) is 0 Å². The van der Waals surface area contributed by atoms with Gasteiger partial charge in [0.1, 0.15) is 6.04 Å². The lowest BCUT2D eigenvalue weighted by atomic mass is 10.2. The molecule has 0 bridgehead atoms. The zero-order chi connectivity index (χ0) is 11.1. The molecule has 0 aromatic rings. The summed E-state index contributed by atoms with van der Waals surface area (Å²) in [6, 6.07) is -0.380. The molecule has 15 heavy (non-hydrogen) atoms. The maximum atomic E-state index is 11.7. The molecule has 84 valence electrons. The van der Waals surface area contributed by atoms with Gasteiger partial charge in [-0.05, 0) is 13.3 Å². The van der Waals surface area contributed by atoms with E-state index in [-0.39, 0.29) is 22.7 Å². The van der Waals surface area contributed by atoms with Crippen molar-refractivity contribution in [2.45, 2.75) is 30.7 Å². The molecule has 2 rings (SSSR count). The van der Waals surface area contributed by atoms with Crippen LogP contribution in [0, 0.1) is 0 Å². The van der Waals surface area contributed by atoms with Gasteiger partial charge in [-0.2, -0.15) is 0 Å². The molecule has 2 heterocycles. The molecule has 0 spiro atoms. The molecule has 0 saturated carbocycles. The number of carbonyl (C=O) groups is 2. The Balaban J connectivity index is 2.16. The standard InChI is InChI=1S/C9H14N2O3S/c1-9-4-3-7(12)11(9)6(5-15-9)8(13)10-14-2/h6H,3-5H2,1-2H3,(H,10,13). The second-order valence-electron chi connectivity index (χ2n) is 3.94. The molecule has 2 atom stereocenters. The van der Waals surface area contributed by atoms with Crippen molar-refractivity contribution in [2.75, 3.05) is 12.9 Å². The summed E-state index contributed by atoms with van der Waals surface area (Å²) in [5.41, 5.74) is 2.29. The highest BCUT2D eigenvalue weighted by Crippen LogP contribution is 2.47. The van der Waals surface area contributed by atoms with E-state index in [1.54, 1.807) is 16.7 Å². The smallest absolute Gasteiger partial charge is 0.267 e. The minimum atomic E-state index is -0.380. The zero-order valence-corrected chi connectivity index (χ0v) is 9.60. The van der Waals surface area contributed by atoms with Gasteiger partial charge in [-0.1, -0.05) is 0 Å². The predicted octanol–water partition coefficient (Wildman–Crippen LogP) is 0.118. The van der Waals surface area contributed by atoms with Crippen molar-refractivity contribution in [3.8, 4) is 0 Å². The lowest BCUT2D eigenvalue weighted by molar-refractivity contribution is -0.143. The summed E-state index contributed by atoms with van der Waals surface area (Å²) in [6.45, 7) is 2.02. The van der Waals surface area contributed by atoms with Crippen LogP contribution in [0.15, 0.2) is 0 Å². The SMILES string of the molecule is CONC(=O)C1CSC2(C)CCC(=O)N12. The Bertz CT molecular complexity index is 310. The number of carbonyl (C=O) groups excluding carboxylic acids is 2. The monoisotopic (exact) mass is 230 g/mol. The lowest BCUT2D eigenvalue weighted by Crippen LogP contribution is -2.49.